The Bertz CT molecular complexity index is 441. The molecule has 0 atom stereocenters. The Morgan fingerprint density at radius 2 is 2.24 bits per heavy atom. The van der Waals surface area contributed by atoms with Crippen LogP contribution in [0.4, 0.5) is 11.4 Å². The Hall–Kier alpha value is -1.22. The summed E-state index contributed by atoms with van der Waals surface area (Å²) in [4.78, 5) is 11.8. The second kappa shape index (κ2) is 4.96. The van der Waals surface area contributed by atoms with Crippen LogP contribution in [0.5, 0.6) is 0 Å². The van der Waals surface area contributed by atoms with Crippen LogP contribution in [0.3, 0.4) is 0 Å². The molecule has 0 aromatic heterocycles. The van der Waals surface area contributed by atoms with Gasteiger partial charge >= 0.3 is 0 Å². The van der Waals surface area contributed by atoms with Gasteiger partial charge in [-0.05, 0) is 43.4 Å². The topological polar surface area (TPSA) is 55.1 Å². The number of hydrogen-bond acceptors (Lipinski definition) is 2. The Morgan fingerprint density at radius 3 is 2.82 bits per heavy atom. The summed E-state index contributed by atoms with van der Waals surface area (Å²) in [6.07, 6.45) is 4.22. The van der Waals surface area contributed by atoms with Gasteiger partial charge in [0, 0.05) is 12.1 Å². The first-order valence-corrected chi connectivity index (χ1v) is 6.29. The van der Waals surface area contributed by atoms with Gasteiger partial charge in [0.1, 0.15) is 0 Å². The maximum Gasteiger partial charge on any atom is 0.224 e. The summed E-state index contributed by atoms with van der Waals surface area (Å²) in [6, 6.07) is 3.49. The van der Waals surface area contributed by atoms with E-state index in [2.05, 4.69) is 5.32 Å². The zero-order chi connectivity index (χ0) is 12.4. The predicted molar refractivity (Wildman–Crippen MR) is 71.2 cm³/mol. The highest BCUT2D eigenvalue weighted by Crippen LogP contribution is 2.31. The SMILES string of the molecule is Cc1cc(N)c(Cl)cc1NC(=O)CC1CCC1. The Morgan fingerprint density at radius 1 is 1.53 bits per heavy atom. The van der Waals surface area contributed by atoms with Crippen LogP contribution in [0.2, 0.25) is 5.02 Å². The lowest BCUT2D eigenvalue weighted by Gasteiger charge is -2.24. The number of carbonyl (C=O) groups excluding carboxylic acids is 1. The number of aryl methyl sites for hydroxylation is 1. The third kappa shape index (κ3) is 2.91. The molecule has 4 heteroatoms. The minimum atomic E-state index is 0.0682. The number of carbonyl (C=O) groups is 1. The third-order valence-electron chi connectivity index (χ3n) is 3.32. The lowest BCUT2D eigenvalue weighted by molar-refractivity contribution is -0.117. The zero-order valence-electron chi connectivity index (χ0n) is 9.92. The van der Waals surface area contributed by atoms with Gasteiger partial charge in [-0.1, -0.05) is 18.0 Å². The second-order valence-electron chi connectivity index (χ2n) is 4.74. The highest BCUT2D eigenvalue weighted by atomic mass is 35.5. The molecule has 1 saturated carbocycles. The zero-order valence-corrected chi connectivity index (χ0v) is 10.7. The molecule has 1 aliphatic rings. The minimum Gasteiger partial charge on any atom is -0.398 e. The molecule has 17 heavy (non-hydrogen) atoms. The van der Waals surface area contributed by atoms with Gasteiger partial charge in [-0.3, -0.25) is 4.79 Å². The predicted octanol–water partition coefficient (Wildman–Crippen LogP) is 3.36. The fourth-order valence-corrected chi connectivity index (χ4v) is 2.16. The van der Waals surface area contributed by atoms with Gasteiger partial charge in [0.05, 0.1) is 10.7 Å². The number of amides is 1. The molecule has 0 spiro atoms. The number of nitrogen functional groups attached to an aromatic ring is 1. The first-order valence-electron chi connectivity index (χ1n) is 5.91. The van der Waals surface area contributed by atoms with E-state index >= 15 is 0 Å². The number of halogens is 1. The highest BCUT2D eigenvalue weighted by Gasteiger charge is 2.20. The Labute approximate surface area is 106 Å². The van der Waals surface area contributed by atoms with Crippen LogP contribution in [0.1, 0.15) is 31.2 Å². The largest absolute Gasteiger partial charge is 0.398 e. The van der Waals surface area contributed by atoms with E-state index in [-0.39, 0.29) is 5.91 Å². The van der Waals surface area contributed by atoms with Crippen LogP contribution in [0.15, 0.2) is 12.1 Å². The first-order chi connectivity index (χ1) is 8.06. The van der Waals surface area contributed by atoms with Crippen molar-refractivity contribution < 1.29 is 4.79 Å². The van der Waals surface area contributed by atoms with Gasteiger partial charge in [0.2, 0.25) is 5.91 Å². The summed E-state index contributed by atoms with van der Waals surface area (Å²) in [7, 11) is 0. The number of nitrogens with one attached hydrogen (secondary N) is 1. The molecule has 0 radical (unpaired) electrons. The van der Waals surface area contributed by atoms with Gasteiger partial charge in [-0.25, -0.2) is 0 Å². The van der Waals surface area contributed by atoms with E-state index in [0.717, 1.165) is 11.3 Å². The number of hydrogen-bond donors (Lipinski definition) is 2. The maximum atomic E-state index is 11.8. The fraction of sp³-hybridized carbons (Fsp3) is 0.462. The molecule has 92 valence electrons. The minimum absolute atomic E-state index is 0.0682. The third-order valence-corrected chi connectivity index (χ3v) is 3.64. The summed E-state index contributed by atoms with van der Waals surface area (Å²) < 4.78 is 0. The van der Waals surface area contributed by atoms with Gasteiger partial charge < -0.3 is 11.1 Å². The fourth-order valence-electron chi connectivity index (χ4n) is 2.00. The van der Waals surface area contributed by atoms with Gasteiger partial charge in [-0.2, -0.15) is 0 Å². The number of benzene rings is 1. The van der Waals surface area contributed by atoms with Crippen LogP contribution < -0.4 is 11.1 Å². The molecule has 0 aliphatic heterocycles. The van der Waals surface area contributed by atoms with Crippen LogP contribution in [-0.4, -0.2) is 5.91 Å². The standard InChI is InChI=1S/C13H17ClN2O/c1-8-5-11(15)10(14)7-12(8)16-13(17)6-9-3-2-4-9/h5,7,9H,2-4,6,15H2,1H3,(H,16,17). The highest BCUT2D eigenvalue weighted by molar-refractivity contribution is 6.33. The molecular formula is C13H17ClN2O. The smallest absolute Gasteiger partial charge is 0.224 e. The quantitative estimate of drug-likeness (QED) is 0.811. The van der Waals surface area contributed by atoms with E-state index in [1.165, 1.54) is 19.3 Å². The normalized spacial score (nSPS) is 15.4. The van der Waals surface area contributed by atoms with Crippen molar-refractivity contribution in [3.05, 3.63) is 22.7 Å². The molecule has 1 fully saturated rings. The van der Waals surface area contributed by atoms with Crippen LogP contribution in [0, 0.1) is 12.8 Å². The van der Waals surface area contributed by atoms with Crippen LogP contribution in [0.25, 0.3) is 0 Å². The first kappa shape index (κ1) is 12.2. The Balaban J connectivity index is 2.02. The summed E-state index contributed by atoms with van der Waals surface area (Å²) in [6.45, 7) is 1.91. The van der Waals surface area contributed by atoms with Crippen molar-refractivity contribution in [2.45, 2.75) is 32.6 Å². The van der Waals surface area contributed by atoms with Crippen molar-refractivity contribution in [2.24, 2.45) is 5.92 Å². The molecule has 3 nitrogen and oxygen atoms in total. The van der Waals surface area contributed by atoms with Gasteiger partial charge in [-0.15, -0.1) is 0 Å². The maximum absolute atomic E-state index is 11.8. The monoisotopic (exact) mass is 252 g/mol. The van der Waals surface area contributed by atoms with E-state index in [0.29, 0.717) is 23.0 Å². The average Bonchev–Trinajstić information content (AvgIpc) is 2.20. The lowest BCUT2D eigenvalue weighted by atomic mass is 9.83. The molecule has 0 unspecified atom stereocenters. The van der Waals surface area contributed by atoms with Crippen molar-refractivity contribution in [2.75, 3.05) is 11.1 Å². The molecular weight excluding hydrogens is 236 g/mol. The summed E-state index contributed by atoms with van der Waals surface area (Å²) in [5.74, 6) is 0.637. The molecule has 0 bridgehead atoms. The molecule has 2 rings (SSSR count). The van der Waals surface area contributed by atoms with Crippen molar-refractivity contribution >= 4 is 28.9 Å². The van der Waals surface area contributed by atoms with Crippen molar-refractivity contribution in [1.82, 2.24) is 0 Å². The number of anilines is 2. The van der Waals surface area contributed by atoms with Crippen molar-refractivity contribution in [3.8, 4) is 0 Å². The van der Waals surface area contributed by atoms with E-state index < -0.39 is 0 Å². The molecule has 0 saturated heterocycles. The molecule has 1 aliphatic carbocycles. The lowest BCUT2D eigenvalue weighted by Crippen LogP contribution is -2.21. The van der Waals surface area contributed by atoms with E-state index in [1.807, 2.05) is 6.92 Å². The van der Waals surface area contributed by atoms with Crippen LogP contribution >= 0.6 is 11.6 Å². The van der Waals surface area contributed by atoms with Crippen molar-refractivity contribution in [1.29, 1.82) is 0 Å². The molecule has 1 aromatic carbocycles. The molecule has 1 aromatic rings. The van der Waals surface area contributed by atoms with Gasteiger partial charge in [0.15, 0.2) is 0 Å². The van der Waals surface area contributed by atoms with Gasteiger partial charge in [0.25, 0.3) is 0 Å². The summed E-state index contributed by atoms with van der Waals surface area (Å²) >= 11 is 5.94. The van der Waals surface area contributed by atoms with E-state index in [1.54, 1.807) is 12.1 Å². The van der Waals surface area contributed by atoms with Crippen molar-refractivity contribution in [3.63, 3.8) is 0 Å². The second-order valence-corrected chi connectivity index (χ2v) is 5.15. The molecule has 3 N–H and O–H groups in total. The number of nitrogens with two attached hydrogens (primary N) is 1. The van der Waals surface area contributed by atoms with Crippen LogP contribution in [-0.2, 0) is 4.79 Å². The van der Waals surface area contributed by atoms with E-state index in [4.69, 9.17) is 17.3 Å². The summed E-state index contributed by atoms with van der Waals surface area (Å²) in [5.41, 5.74) is 7.93. The average molecular weight is 253 g/mol. The van der Waals surface area contributed by atoms with E-state index in [9.17, 15) is 4.79 Å². The summed E-state index contributed by atoms with van der Waals surface area (Å²) in [5, 5.41) is 3.38. The Kier molecular flexibility index (Phi) is 3.57. The molecule has 0 heterocycles. The number of rotatable bonds is 3. The molecule has 1 amide bonds.